The third-order valence-corrected chi connectivity index (χ3v) is 10.5. The van der Waals surface area contributed by atoms with E-state index in [2.05, 4.69) is 74.8 Å². The Kier molecular flexibility index (Phi) is 10.6. The lowest BCUT2D eigenvalue weighted by Crippen LogP contribution is -2.53. The highest BCUT2D eigenvalue weighted by Gasteiger charge is 2.46. The molecule has 0 unspecified atom stereocenters. The number of piperidine rings is 1. The Morgan fingerprint density at radius 3 is 2.58 bits per heavy atom. The van der Waals surface area contributed by atoms with Crippen LogP contribution in [-0.4, -0.2) is 46.8 Å². The quantitative estimate of drug-likeness (QED) is 0.212. The lowest BCUT2D eigenvalue weighted by Gasteiger charge is -2.53. The van der Waals surface area contributed by atoms with Crippen LogP contribution in [0.3, 0.4) is 0 Å². The Morgan fingerprint density at radius 1 is 1.12 bits per heavy atom. The molecule has 0 radical (unpaired) electrons. The molecule has 2 saturated heterocycles. The monoisotopic (exact) mass is 645 g/mol. The normalized spacial score (nSPS) is 21.7. The van der Waals surface area contributed by atoms with Gasteiger partial charge in [0.1, 0.15) is 17.9 Å². The zero-order chi connectivity index (χ0) is 33.5. The number of aliphatic imine (C=N–C) groups is 1. The van der Waals surface area contributed by atoms with Gasteiger partial charge in [0.15, 0.2) is 0 Å². The summed E-state index contributed by atoms with van der Waals surface area (Å²) in [4.78, 5) is 15.0. The molecule has 8 nitrogen and oxygen atoms in total. The molecule has 0 atom stereocenters. The first-order chi connectivity index (χ1) is 23.3. The van der Waals surface area contributed by atoms with E-state index in [9.17, 15) is 0 Å². The summed E-state index contributed by atoms with van der Waals surface area (Å²) >= 11 is 0. The van der Waals surface area contributed by atoms with Crippen LogP contribution in [0.5, 0.6) is 0 Å². The molecule has 1 aromatic heterocycles. The largest absolute Gasteiger partial charge is 0.492 e. The minimum Gasteiger partial charge on any atom is -0.492 e. The molecule has 1 aromatic carbocycles. The maximum atomic E-state index is 6.12. The maximum Gasteiger partial charge on any atom is 0.131 e. The van der Waals surface area contributed by atoms with E-state index < -0.39 is 0 Å². The Morgan fingerprint density at radius 2 is 1.90 bits per heavy atom. The fourth-order valence-electron chi connectivity index (χ4n) is 7.55. The Bertz CT molecular complexity index is 1640. The van der Waals surface area contributed by atoms with Gasteiger partial charge >= 0.3 is 0 Å². The van der Waals surface area contributed by atoms with E-state index in [4.69, 9.17) is 10.5 Å². The maximum absolute atomic E-state index is 6.12. The van der Waals surface area contributed by atoms with Gasteiger partial charge in [-0.1, -0.05) is 37.4 Å². The summed E-state index contributed by atoms with van der Waals surface area (Å²) in [6, 6.07) is 9.63. The molecule has 0 bridgehead atoms. The van der Waals surface area contributed by atoms with Crippen LogP contribution >= 0.6 is 0 Å². The van der Waals surface area contributed by atoms with E-state index in [0.29, 0.717) is 18.1 Å². The molecule has 1 spiro atoms. The molecule has 2 aromatic rings. The van der Waals surface area contributed by atoms with Gasteiger partial charge in [0.05, 0.1) is 6.61 Å². The number of nitrogens with one attached hydrogen (secondary N) is 2. The molecule has 8 heteroatoms. The summed E-state index contributed by atoms with van der Waals surface area (Å²) in [5, 5.41) is 7.75. The smallest absolute Gasteiger partial charge is 0.131 e. The number of nitrogens with zero attached hydrogens (tertiary/aromatic N) is 4. The Labute approximate surface area is 286 Å². The van der Waals surface area contributed by atoms with E-state index in [1.807, 2.05) is 31.5 Å². The third-order valence-electron chi connectivity index (χ3n) is 10.5. The van der Waals surface area contributed by atoms with E-state index in [1.165, 1.54) is 72.9 Å². The zero-order valence-corrected chi connectivity index (χ0v) is 28.7. The molecule has 2 saturated carbocycles. The molecular weight excluding hydrogens is 594 g/mol. The molecule has 48 heavy (non-hydrogen) atoms. The molecular formula is C40H51N7O. The molecule has 2 aliphatic carbocycles. The predicted octanol–water partition coefficient (Wildman–Crippen LogP) is 7.08. The molecule has 4 N–H and O–H groups in total. The molecule has 4 fully saturated rings. The van der Waals surface area contributed by atoms with Crippen LogP contribution in [0.4, 0.5) is 0 Å². The van der Waals surface area contributed by atoms with Gasteiger partial charge in [0, 0.05) is 72.3 Å². The number of benzene rings is 1. The topological polar surface area (TPSA) is 101 Å². The lowest BCUT2D eigenvalue weighted by atomic mass is 9.60. The molecule has 2 aliphatic heterocycles. The SMILES string of the molecule is C=CC(=C1/OCC/C1=C(/C)NCc1cccc(C(NC2CC3(CCN(Cc4cncnc4)CC3)C2)=C2CCC2)c1)/C(C)=C/C=N\C(=C)N. The van der Waals surface area contributed by atoms with Crippen molar-refractivity contribution in [2.45, 2.75) is 84.3 Å². The van der Waals surface area contributed by atoms with Crippen molar-refractivity contribution in [1.82, 2.24) is 25.5 Å². The summed E-state index contributed by atoms with van der Waals surface area (Å²) in [5.41, 5.74) is 17.1. The van der Waals surface area contributed by atoms with Gasteiger partial charge in [-0.2, -0.15) is 0 Å². The van der Waals surface area contributed by atoms with Crippen molar-refractivity contribution < 1.29 is 4.74 Å². The number of ether oxygens (including phenoxy) is 1. The summed E-state index contributed by atoms with van der Waals surface area (Å²) in [6.07, 6.45) is 20.6. The van der Waals surface area contributed by atoms with E-state index in [-0.39, 0.29) is 5.82 Å². The highest BCUT2D eigenvalue weighted by Crippen LogP contribution is 2.50. The minimum atomic E-state index is 0.277. The average molecular weight is 646 g/mol. The highest BCUT2D eigenvalue weighted by molar-refractivity contribution is 5.75. The van der Waals surface area contributed by atoms with Crippen LogP contribution in [0.15, 0.2) is 113 Å². The summed E-state index contributed by atoms with van der Waals surface area (Å²) in [7, 11) is 0. The fourth-order valence-corrected chi connectivity index (χ4v) is 7.55. The summed E-state index contributed by atoms with van der Waals surface area (Å²) in [6.45, 7) is 16.5. The van der Waals surface area contributed by atoms with Crippen LogP contribution in [0.2, 0.25) is 0 Å². The number of rotatable bonds is 12. The number of nitrogens with two attached hydrogens (primary N) is 1. The van der Waals surface area contributed by atoms with Crippen LogP contribution in [0.1, 0.15) is 81.9 Å². The van der Waals surface area contributed by atoms with Crippen molar-refractivity contribution in [2.75, 3.05) is 19.7 Å². The van der Waals surface area contributed by atoms with E-state index in [0.717, 1.165) is 55.2 Å². The highest BCUT2D eigenvalue weighted by atomic mass is 16.5. The predicted molar refractivity (Wildman–Crippen MR) is 195 cm³/mol. The number of likely N-dealkylation sites (tertiary alicyclic amines) is 1. The van der Waals surface area contributed by atoms with Gasteiger partial charge in [-0.25, -0.2) is 15.0 Å². The second-order valence-corrected chi connectivity index (χ2v) is 13.9. The van der Waals surface area contributed by atoms with E-state index >= 15 is 0 Å². The van der Waals surface area contributed by atoms with Crippen LogP contribution < -0.4 is 16.4 Å². The van der Waals surface area contributed by atoms with Crippen LogP contribution in [0.25, 0.3) is 5.70 Å². The third kappa shape index (κ3) is 7.98. The van der Waals surface area contributed by atoms with Crippen molar-refractivity contribution in [3.8, 4) is 0 Å². The van der Waals surface area contributed by atoms with Crippen LogP contribution in [0, 0.1) is 5.41 Å². The number of hydrogen-bond acceptors (Lipinski definition) is 8. The van der Waals surface area contributed by atoms with Gasteiger partial charge in [-0.15, -0.1) is 0 Å². The van der Waals surface area contributed by atoms with Crippen LogP contribution in [-0.2, 0) is 17.8 Å². The zero-order valence-electron chi connectivity index (χ0n) is 28.7. The first-order valence-electron chi connectivity index (χ1n) is 17.5. The molecule has 252 valence electrons. The number of aromatic nitrogens is 2. The van der Waals surface area contributed by atoms with Gasteiger partial charge in [0.25, 0.3) is 0 Å². The van der Waals surface area contributed by atoms with Crippen molar-refractivity contribution in [3.63, 3.8) is 0 Å². The van der Waals surface area contributed by atoms with Crippen molar-refractivity contribution >= 4 is 11.9 Å². The molecule has 6 rings (SSSR count). The van der Waals surface area contributed by atoms with Gasteiger partial charge in [0.2, 0.25) is 0 Å². The second-order valence-electron chi connectivity index (χ2n) is 13.9. The van der Waals surface area contributed by atoms with Crippen molar-refractivity contribution in [3.05, 3.63) is 125 Å². The second kappa shape index (κ2) is 15.2. The lowest BCUT2D eigenvalue weighted by molar-refractivity contribution is 0.00856. The summed E-state index contributed by atoms with van der Waals surface area (Å²) < 4.78 is 6.12. The first kappa shape index (κ1) is 33.5. The van der Waals surface area contributed by atoms with Gasteiger partial charge in [-0.05, 0) is 112 Å². The molecule has 0 amide bonds. The average Bonchev–Trinajstić information content (AvgIpc) is 3.53. The van der Waals surface area contributed by atoms with Gasteiger partial charge < -0.3 is 21.1 Å². The summed E-state index contributed by atoms with van der Waals surface area (Å²) in [5.74, 6) is 1.16. The molecule has 3 heterocycles. The van der Waals surface area contributed by atoms with E-state index in [1.54, 1.807) is 18.1 Å². The number of hydrogen-bond donors (Lipinski definition) is 3. The Balaban J connectivity index is 1.08. The number of allylic oxidation sites excluding steroid dienone is 7. The Hall–Kier alpha value is -4.43. The van der Waals surface area contributed by atoms with Crippen molar-refractivity contribution in [1.29, 1.82) is 0 Å². The fraction of sp³-hybridized carbons (Fsp3) is 0.425. The minimum absolute atomic E-state index is 0.277. The standard InChI is InChI=1S/C40H51N7O/c1-5-36(28(2)12-16-44-30(4)41)39-37(13-19-48-39)29(3)45-25-31-8-6-11-34(20-31)38(33-9-7-10-33)46-35-21-40(22-35)14-17-47(18-15-40)26-32-23-42-27-43-24-32/h5-6,8,11-12,16,20,23-24,27,35,45-46H,1,4,7,9-10,13-15,17-19,21-22,25-26,41H2,2-3H3/b28-12+,37-29+,39-36-,44-16-. The van der Waals surface area contributed by atoms with Crippen molar-refractivity contribution in [2.24, 2.45) is 16.1 Å². The molecule has 4 aliphatic rings. The first-order valence-corrected chi connectivity index (χ1v) is 17.5. The van der Waals surface area contributed by atoms with Gasteiger partial charge in [-0.3, -0.25) is 4.90 Å².